The Labute approximate surface area is 102 Å². The Bertz CT molecular complexity index is 378. The van der Waals surface area contributed by atoms with Crippen molar-refractivity contribution in [1.82, 2.24) is 0 Å². The number of aryl methyl sites for hydroxylation is 1. The molecule has 0 radical (unpaired) electrons. The number of benzene rings is 1. The number of hydrogen-bond acceptors (Lipinski definition) is 2. The molecule has 2 N–H and O–H groups in total. The van der Waals surface area contributed by atoms with Crippen LogP contribution in [0.4, 0.5) is 0 Å². The quantitative estimate of drug-likeness (QED) is 0.497. The summed E-state index contributed by atoms with van der Waals surface area (Å²) in [5.74, 6) is 1.46. The summed E-state index contributed by atoms with van der Waals surface area (Å²) in [6, 6.07) is 8.42. The Morgan fingerprint density at radius 1 is 1.38 bits per heavy atom. The van der Waals surface area contributed by atoms with Crippen molar-refractivity contribution in [1.29, 1.82) is 0 Å². The van der Waals surface area contributed by atoms with Crippen LogP contribution in [0.2, 0.25) is 0 Å². The predicted octanol–water partition coefficient (Wildman–Crippen LogP) is 3.24. The van der Waals surface area contributed by atoms with E-state index in [9.17, 15) is 0 Å². The van der Waals surface area contributed by atoms with E-state index in [1.165, 1.54) is 10.5 Å². The smallest absolute Gasteiger partial charge is 0.105 e. The summed E-state index contributed by atoms with van der Waals surface area (Å²) in [5, 5.41) is 0. The Morgan fingerprint density at radius 2 is 2.06 bits per heavy atom. The van der Waals surface area contributed by atoms with Gasteiger partial charge in [0, 0.05) is 4.90 Å². The van der Waals surface area contributed by atoms with Crippen molar-refractivity contribution in [2.24, 2.45) is 10.7 Å². The van der Waals surface area contributed by atoms with Crippen LogP contribution >= 0.6 is 11.8 Å². The molecule has 0 saturated carbocycles. The van der Waals surface area contributed by atoms with Crippen molar-refractivity contribution in [3.8, 4) is 0 Å². The van der Waals surface area contributed by atoms with Gasteiger partial charge in [-0.25, -0.2) is 0 Å². The Balaban J connectivity index is 2.55. The lowest BCUT2D eigenvalue weighted by Gasteiger charge is -2.13. The topological polar surface area (TPSA) is 38.4 Å². The monoisotopic (exact) mass is 236 g/mol. The number of thioether (sulfide) groups is 1. The molecule has 0 bridgehead atoms. The Morgan fingerprint density at radius 3 is 2.62 bits per heavy atom. The average Bonchev–Trinajstić information content (AvgIpc) is 2.12. The minimum Gasteiger partial charge on any atom is -0.387 e. The van der Waals surface area contributed by atoms with E-state index >= 15 is 0 Å². The third-order valence-electron chi connectivity index (χ3n) is 1.86. The predicted molar refractivity (Wildman–Crippen MR) is 73.3 cm³/mol. The van der Waals surface area contributed by atoms with E-state index in [4.69, 9.17) is 5.73 Å². The third-order valence-corrected chi connectivity index (χ3v) is 2.88. The van der Waals surface area contributed by atoms with Crippen LogP contribution in [0.25, 0.3) is 0 Å². The summed E-state index contributed by atoms with van der Waals surface area (Å²) in [6.45, 7) is 8.25. The maximum Gasteiger partial charge on any atom is 0.105 e. The molecule has 0 aromatic heterocycles. The molecule has 16 heavy (non-hydrogen) atoms. The molecule has 0 heterocycles. The van der Waals surface area contributed by atoms with E-state index in [1.54, 1.807) is 11.8 Å². The van der Waals surface area contributed by atoms with Crippen LogP contribution in [0.15, 0.2) is 34.2 Å². The summed E-state index contributed by atoms with van der Waals surface area (Å²) in [5.41, 5.74) is 7.06. The molecule has 0 atom stereocenters. The summed E-state index contributed by atoms with van der Waals surface area (Å²) in [4.78, 5) is 5.66. The lowest BCUT2D eigenvalue weighted by Crippen LogP contribution is -2.22. The van der Waals surface area contributed by atoms with Crippen LogP contribution in [-0.4, -0.2) is 17.1 Å². The molecule has 2 nitrogen and oxygen atoms in total. The highest BCUT2D eigenvalue weighted by Gasteiger charge is 2.08. The lowest BCUT2D eigenvalue weighted by atomic mass is 10.1. The zero-order valence-corrected chi connectivity index (χ0v) is 11.3. The number of hydrogen-bond donors (Lipinski definition) is 1. The van der Waals surface area contributed by atoms with Gasteiger partial charge in [0.25, 0.3) is 0 Å². The summed E-state index contributed by atoms with van der Waals surface area (Å²) in [6.07, 6.45) is 0. The van der Waals surface area contributed by atoms with Gasteiger partial charge < -0.3 is 5.73 Å². The average molecular weight is 236 g/mol. The molecule has 1 rings (SSSR count). The van der Waals surface area contributed by atoms with E-state index < -0.39 is 0 Å². The van der Waals surface area contributed by atoms with Gasteiger partial charge in [-0.05, 0) is 39.8 Å². The first-order valence-corrected chi connectivity index (χ1v) is 6.39. The summed E-state index contributed by atoms with van der Waals surface area (Å²) < 4.78 is 0. The van der Waals surface area contributed by atoms with Crippen molar-refractivity contribution >= 4 is 17.6 Å². The van der Waals surface area contributed by atoms with Gasteiger partial charge >= 0.3 is 0 Å². The largest absolute Gasteiger partial charge is 0.387 e. The van der Waals surface area contributed by atoms with Gasteiger partial charge in [-0.3, -0.25) is 4.99 Å². The summed E-state index contributed by atoms with van der Waals surface area (Å²) >= 11 is 1.73. The van der Waals surface area contributed by atoms with Gasteiger partial charge in [0.2, 0.25) is 0 Å². The second kappa shape index (κ2) is 5.39. The highest BCUT2D eigenvalue weighted by atomic mass is 32.2. The molecular weight excluding hydrogens is 216 g/mol. The number of aliphatic imine (C=N–C) groups is 1. The maximum atomic E-state index is 5.87. The van der Waals surface area contributed by atoms with Crippen molar-refractivity contribution < 1.29 is 0 Å². The SMILES string of the molecule is Cc1cccc(SCC(N)=NC(C)(C)C)c1. The minimum atomic E-state index is -0.0861. The maximum absolute atomic E-state index is 5.87. The van der Waals surface area contributed by atoms with Gasteiger partial charge in [-0.1, -0.05) is 17.7 Å². The zero-order chi connectivity index (χ0) is 12.2. The van der Waals surface area contributed by atoms with Gasteiger partial charge in [0.05, 0.1) is 11.3 Å². The Hall–Kier alpha value is -0.960. The molecule has 0 fully saturated rings. The van der Waals surface area contributed by atoms with Crippen LogP contribution in [-0.2, 0) is 0 Å². The van der Waals surface area contributed by atoms with Crippen LogP contribution in [0.1, 0.15) is 26.3 Å². The molecule has 0 aliphatic rings. The summed E-state index contributed by atoms with van der Waals surface area (Å²) in [7, 11) is 0. The molecule has 0 spiro atoms. The molecule has 1 aromatic rings. The molecule has 0 aliphatic carbocycles. The van der Waals surface area contributed by atoms with Gasteiger partial charge in [-0.15, -0.1) is 11.8 Å². The molecule has 88 valence electrons. The fraction of sp³-hybridized carbons (Fsp3) is 0.462. The first-order valence-electron chi connectivity index (χ1n) is 5.40. The second-order valence-corrected chi connectivity index (χ2v) is 5.93. The van der Waals surface area contributed by atoms with Crippen LogP contribution in [0, 0.1) is 6.92 Å². The van der Waals surface area contributed by atoms with Gasteiger partial charge in [0.1, 0.15) is 5.84 Å². The van der Waals surface area contributed by atoms with Crippen molar-refractivity contribution in [3.05, 3.63) is 29.8 Å². The normalized spacial score (nSPS) is 12.9. The highest BCUT2D eigenvalue weighted by Crippen LogP contribution is 2.19. The van der Waals surface area contributed by atoms with E-state index in [0.717, 1.165) is 5.75 Å². The lowest BCUT2D eigenvalue weighted by molar-refractivity contribution is 0.583. The van der Waals surface area contributed by atoms with E-state index in [1.807, 2.05) is 0 Å². The highest BCUT2D eigenvalue weighted by molar-refractivity contribution is 8.00. The second-order valence-electron chi connectivity index (χ2n) is 4.88. The standard InChI is InChI=1S/C13H20N2S/c1-10-6-5-7-11(8-10)16-9-12(14)15-13(2,3)4/h5-8H,9H2,1-4H3,(H2,14,15). The fourth-order valence-corrected chi connectivity index (χ4v) is 2.15. The Kier molecular flexibility index (Phi) is 4.42. The molecule has 0 unspecified atom stereocenters. The molecule has 0 aliphatic heterocycles. The van der Waals surface area contributed by atoms with E-state index in [2.05, 4.69) is 57.0 Å². The number of nitrogens with two attached hydrogens (primary N) is 1. The first kappa shape index (κ1) is 13.1. The molecular formula is C13H20N2S. The van der Waals surface area contributed by atoms with E-state index in [0.29, 0.717) is 5.84 Å². The van der Waals surface area contributed by atoms with Crippen LogP contribution in [0.3, 0.4) is 0 Å². The molecule has 1 aromatic carbocycles. The fourth-order valence-electron chi connectivity index (χ4n) is 1.33. The molecule has 3 heteroatoms. The molecule has 0 saturated heterocycles. The molecule has 0 amide bonds. The minimum absolute atomic E-state index is 0.0861. The van der Waals surface area contributed by atoms with Crippen LogP contribution < -0.4 is 5.73 Å². The van der Waals surface area contributed by atoms with Crippen molar-refractivity contribution in [2.75, 3.05) is 5.75 Å². The van der Waals surface area contributed by atoms with E-state index in [-0.39, 0.29) is 5.54 Å². The first-order chi connectivity index (χ1) is 7.37. The van der Waals surface area contributed by atoms with Gasteiger partial charge in [-0.2, -0.15) is 0 Å². The number of rotatable bonds is 3. The number of amidine groups is 1. The third kappa shape index (κ3) is 5.21. The zero-order valence-electron chi connectivity index (χ0n) is 10.4. The number of nitrogens with zero attached hydrogens (tertiary/aromatic N) is 1. The van der Waals surface area contributed by atoms with Gasteiger partial charge in [0.15, 0.2) is 0 Å². The van der Waals surface area contributed by atoms with Crippen molar-refractivity contribution in [2.45, 2.75) is 38.1 Å². The van der Waals surface area contributed by atoms with Crippen molar-refractivity contribution in [3.63, 3.8) is 0 Å². The van der Waals surface area contributed by atoms with Crippen LogP contribution in [0.5, 0.6) is 0 Å².